The first-order chi connectivity index (χ1) is 19.1. The molecule has 11 nitrogen and oxygen atoms in total. The largest absolute Gasteiger partial charge is 0.366 e. The lowest BCUT2D eigenvalue weighted by atomic mass is 10.1. The molecule has 39 heavy (non-hydrogen) atoms. The van der Waals surface area contributed by atoms with Crippen LogP contribution in [0.15, 0.2) is 78.0 Å². The molecule has 7 rings (SSSR count). The standard InChI is InChI=1S/C28H26N10O/c1-18-17-35(2)14-15-36(18)20-10-8-19(9-11-20)32-27-31-16-22-24(34-27)33-25-21-6-3-4-7-23(21)37(38(25)26(22)39)28-29-12-5-13-30-28/h3-13,16,18H,14-15,17H2,1-2H3,(H,31,32,34). The second-order valence-electron chi connectivity index (χ2n) is 9.84. The maximum Gasteiger partial charge on any atom is 0.284 e. The second kappa shape index (κ2) is 9.14. The Kier molecular flexibility index (Phi) is 5.44. The van der Waals surface area contributed by atoms with Crippen molar-refractivity contribution in [2.24, 2.45) is 0 Å². The first-order valence-electron chi connectivity index (χ1n) is 12.9. The van der Waals surface area contributed by atoms with Gasteiger partial charge in [-0.3, -0.25) is 4.79 Å². The number of anilines is 3. The molecule has 1 aliphatic heterocycles. The fraction of sp³-hybridized carbons (Fsp3) is 0.214. The number of hydrogen-bond acceptors (Lipinski definition) is 9. The van der Waals surface area contributed by atoms with Gasteiger partial charge in [0.1, 0.15) is 5.39 Å². The van der Waals surface area contributed by atoms with E-state index in [9.17, 15) is 4.79 Å². The third kappa shape index (κ3) is 3.94. The molecule has 0 radical (unpaired) electrons. The second-order valence-corrected chi connectivity index (χ2v) is 9.84. The molecule has 1 N–H and O–H groups in total. The number of rotatable bonds is 4. The Morgan fingerprint density at radius 3 is 2.49 bits per heavy atom. The lowest BCUT2D eigenvalue weighted by Crippen LogP contribution is -2.50. The van der Waals surface area contributed by atoms with Gasteiger partial charge in [-0.25, -0.2) is 24.6 Å². The number of para-hydroxylation sites is 1. The van der Waals surface area contributed by atoms with E-state index in [0.29, 0.717) is 34.6 Å². The minimum Gasteiger partial charge on any atom is -0.366 e. The molecule has 2 aromatic carbocycles. The van der Waals surface area contributed by atoms with E-state index < -0.39 is 0 Å². The number of nitrogens with zero attached hydrogens (tertiary/aromatic N) is 9. The third-order valence-electron chi connectivity index (χ3n) is 7.20. The number of nitrogens with one attached hydrogen (secondary N) is 1. The van der Waals surface area contributed by atoms with Crippen molar-refractivity contribution in [1.82, 2.24) is 39.0 Å². The molecule has 1 fully saturated rings. The normalized spacial score (nSPS) is 16.4. The van der Waals surface area contributed by atoms with Crippen LogP contribution in [0.25, 0.3) is 33.5 Å². The number of benzene rings is 2. The topological polar surface area (TPSA) is 109 Å². The summed E-state index contributed by atoms with van der Waals surface area (Å²) in [4.78, 5) is 41.0. The average Bonchev–Trinajstić information content (AvgIpc) is 3.29. The minimum absolute atomic E-state index is 0.296. The highest BCUT2D eigenvalue weighted by atomic mass is 16.1. The first kappa shape index (κ1) is 23.2. The van der Waals surface area contributed by atoms with Crippen LogP contribution in [-0.2, 0) is 0 Å². The lowest BCUT2D eigenvalue weighted by Gasteiger charge is -2.39. The minimum atomic E-state index is -0.296. The van der Waals surface area contributed by atoms with E-state index in [-0.39, 0.29) is 5.56 Å². The molecule has 194 valence electrons. The van der Waals surface area contributed by atoms with Crippen molar-refractivity contribution in [2.45, 2.75) is 13.0 Å². The molecule has 0 spiro atoms. The molecule has 0 aliphatic carbocycles. The van der Waals surface area contributed by atoms with Crippen LogP contribution in [0.5, 0.6) is 0 Å². The number of likely N-dealkylation sites (N-methyl/N-ethyl adjacent to an activating group) is 1. The zero-order chi connectivity index (χ0) is 26.5. The predicted molar refractivity (Wildman–Crippen MR) is 151 cm³/mol. The van der Waals surface area contributed by atoms with Gasteiger partial charge in [0.05, 0.1) is 5.52 Å². The summed E-state index contributed by atoms with van der Waals surface area (Å²) in [5.41, 5.74) is 3.32. The zero-order valence-corrected chi connectivity index (χ0v) is 21.6. The number of fused-ring (bicyclic) bond motifs is 4. The van der Waals surface area contributed by atoms with Gasteiger partial charge < -0.3 is 15.1 Å². The highest BCUT2D eigenvalue weighted by Crippen LogP contribution is 2.25. The van der Waals surface area contributed by atoms with Crippen LogP contribution in [0.1, 0.15) is 6.92 Å². The lowest BCUT2D eigenvalue weighted by molar-refractivity contribution is 0.275. The summed E-state index contributed by atoms with van der Waals surface area (Å²) in [5.74, 6) is 0.746. The van der Waals surface area contributed by atoms with Crippen LogP contribution in [0, 0.1) is 0 Å². The van der Waals surface area contributed by atoms with Crippen molar-refractivity contribution in [3.05, 3.63) is 83.5 Å². The third-order valence-corrected chi connectivity index (χ3v) is 7.20. The van der Waals surface area contributed by atoms with E-state index in [1.54, 1.807) is 23.1 Å². The molecular formula is C28H26N10O. The molecule has 1 atom stereocenters. The van der Waals surface area contributed by atoms with Gasteiger partial charge in [0.15, 0.2) is 11.3 Å². The average molecular weight is 519 g/mol. The molecule has 0 saturated carbocycles. The molecule has 0 bridgehead atoms. The van der Waals surface area contributed by atoms with Crippen molar-refractivity contribution in [3.63, 3.8) is 0 Å². The summed E-state index contributed by atoms with van der Waals surface area (Å²) in [6.45, 7) is 5.34. The van der Waals surface area contributed by atoms with Crippen LogP contribution in [0.2, 0.25) is 0 Å². The van der Waals surface area contributed by atoms with Gasteiger partial charge in [0.2, 0.25) is 11.9 Å². The summed E-state index contributed by atoms with van der Waals surface area (Å²) in [7, 11) is 2.16. The Hall–Kier alpha value is -4.90. The predicted octanol–water partition coefficient (Wildman–Crippen LogP) is 3.26. The van der Waals surface area contributed by atoms with E-state index in [2.05, 4.69) is 61.2 Å². The smallest absolute Gasteiger partial charge is 0.284 e. The fourth-order valence-electron chi connectivity index (χ4n) is 5.33. The number of piperazine rings is 1. The van der Waals surface area contributed by atoms with Crippen molar-refractivity contribution in [3.8, 4) is 5.95 Å². The van der Waals surface area contributed by atoms with Crippen LogP contribution in [0.3, 0.4) is 0 Å². The highest BCUT2D eigenvalue weighted by Gasteiger charge is 2.22. The highest BCUT2D eigenvalue weighted by molar-refractivity contribution is 5.95. The Balaban J connectivity index is 1.27. The molecule has 1 unspecified atom stereocenters. The van der Waals surface area contributed by atoms with Gasteiger partial charge >= 0.3 is 0 Å². The molecule has 4 aromatic heterocycles. The molecule has 11 heteroatoms. The van der Waals surface area contributed by atoms with Gasteiger partial charge in [-0.1, -0.05) is 12.1 Å². The summed E-state index contributed by atoms with van der Waals surface area (Å²) in [6.07, 6.45) is 4.80. The summed E-state index contributed by atoms with van der Waals surface area (Å²) in [6, 6.07) is 18.1. The summed E-state index contributed by atoms with van der Waals surface area (Å²) < 4.78 is 3.16. The monoisotopic (exact) mass is 518 g/mol. The Morgan fingerprint density at radius 2 is 1.69 bits per heavy atom. The zero-order valence-electron chi connectivity index (χ0n) is 21.6. The molecule has 5 heterocycles. The van der Waals surface area contributed by atoms with E-state index in [1.807, 2.05) is 36.4 Å². The maximum absolute atomic E-state index is 13.7. The van der Waals surface area contributed by atoms with Gasteiger partial charge in [0.25, 0.3) is 5.56 Å². The van der Waals surface area contributed by atoms with Gasteiger partial charge in [-0.05, 0) is 56.4 Å². The van der Waals surface area contributed by atoms with Gasteiger partial charge in [0, 0.05) is 61.0 Å². The molecule has 1 saturated heterocycles. The molecule has 0 amide bonds. The molecule has 1 aliphatic rings. The molecular weight excluding hydrogens is 492 g/mol. The van der Waals surface area contributed by atoms with Gasteiger partial charge in [-0.2, -0.15) is 9.50 Å². The summed E-state index contributed by atoms with van der Waals surface area (Å²) in [5, 5.41) is 4.36. The summed E-state index contributed by atoms with van der Waals surface area (Å²) >= 11 is 0. The SMILES string of the molecule is CC1CN(C)CCN1c1ccc(Nc2ncc3c(=O)n4c(nc3n2)c2ccccc2n4-c2ncccn2)cc1. The Labute approximate surface area is 223 Å². The van der Waals surface area contributed by atoms with Crippen molar-refractivity contribution >= 4 is 44.9 Å². The van der Waals surface area contributed by atoms with Crippen LogP contribution in [-0.4, -0.2) is 71.7 Å². The number of aromatic nitrogens is 7. The van der Waals surface area contributed by atoms with Crippen molar-refractivity contribution in [1.29, 1.82) is 0 Å². The van der Waals surface area contributed by atoms with Gasteiger partial charge in [-0.15, -0.1) is 0 Å². The van der Waals surface area contributed by atoms with Crippen molar-refractivity contribution in [2.75, 3.05) is 36.9 Å². The van der Waals surface area contributed by atoms with Crippen LogP contribution >= 0.6 is 0 Å². The van der Waals surface area contributed by atoms with E-state index in [0.717, 1.165) is 36.2 Å². The van der Waals surface area contributed by atoms with Crippen LogP contribution in [0.4, 0.5) is 17.3 Å². The Bertz CT molecular complexity index is 1880. The maximum atomic E-state index is 13.7. The first-order valence-corrected chi connectivity index (χ1v) is 12.9. The fourth-order valence-corrected chi connectivity index (χ4v) is 5.33. The van der Waals surface area contributed by atoms with Crippen LogP contribution < -0.4 is 15.8 Å². The van der Waals surface area contributed by atoms with Crippen molar-refractivity contribution < 1.29 is 0 Å². The van der Waals surface area contributed by atoms with E-state index in [1.165, 1.54) is 16.4 Å². The van der Waals surface area contributed by atoms with E-state index >= 15 is 0 Å². The van der Waals surface area contributed by atoms with E-state index in [4.69, 9.17) is 4.98 Å². The molecule has 6 aromatic rings. The quantitative estimate of drug-likeness (QED) is 0.376. The Morgan fingerprint density at radius 1 is 0.897 bits per heavy atom. The number of hydrogen-bond donors (Lipinski definition) is 1.